The van der Waals surface area contributed by atoms with E-state index in [1.54, 1.807) is 12.1 Å². The fraction of sp³-hybridized carbons (Fsp3) is 0.562. The van der Waals surface area contributed by atoms with Crippen LogP contribution in [0.2, 0.25) is 0 Å². The summed E-state index contributed by atoms with van der Waals surface area (Å²) in [5.41, 5.74) is 0.797. The number of nitrogens with one attached hydrogen (secondary N) is 2. The first-order chi connectivity index (χ1) is 11.4. The highest BCUT2D eigenvalue weighted by atomic mass is 35.5. The van der Waals surface area contributed by atoms with Gasteiger partial charge in [-0.2, -0.15) is 13.2 Å². The van der Waals surface area contributed by atoms with E-state index in [2.05, 4.69) is 10.6 Å². The Labute approximate surface area is 150 Å². The molecule has 0 aliphatic carbocycles. The van der Waals surface area contributed by atoms with E-state index in [9.17, 15) is 18.0 Å². The van der Waals surface area contributed by atoms with Crippen molar-refractivity contribution < 1.29 is 27.4 Å². The molecule has 1 unspecified atom stereocenters. The molecule has 142 valence electrons. The number of amides is 1. The molecule has 2 rings (SSSR count). The molecule has 0 bridgehead atoms. The van der Waals surface area contributed by atoms with Gasteiger partial charge in [0.25, 0.3) is 0 Å². The summed E-state index contributed by atoms with van der Waals surface area (Å²) in [6.45, 7) is 0.312. The van der Waals surface area contributed by atoms with E-state index in [0.717, 1.165) is 25.1 Å². The molecule has 1 aliphatic heterocycles. The van der Waals surface area contributed by atoms with Gasteiger partial charge in [-0.1, -0.05) is 6.07 Å². The average molecular weight is 383 g/mol. The maximum Gasteiger partial charge on any atom is 0.422 e. The Morgan fingerprint density at radius 3 is 2.72 bits per heavy atom. The molecule has 5 nitrogen and oxygen atoms in total. The third-order valence-corrected chi connectivity index (χ3v) is 3.69. The second-order valence-corrected chi connectivity index (χ2v) is 5.65. The van der Waals surface area contributed by atoms with E-state index in [-0.39, 0.29) is 35.9 Å². The summed E-state index contributed by atoms with van der Waals surface area (Å²) < 4.78 is 46.4. The van der Waals surface area contributed by atoms with Crippen LogP contribution < -0.4 is 20.1 Å². The Kier molecular flexibility index (Phi) is 8.31. The minimum absolute atomic E-state index is 0. The van der Waals surface area contributed by atoms with Crippen molar-refractivity contribution in [1.29, 1.82) is 0 Å². The molecule has 2 N–H and O–H groups in total. The predicted octanol–water partition coefficient (Wildman–Crippen LogP) is 2.47. The van der Waals surface area contributed by atoms with Gasteiger partial charge in [0.05, 0.1) is 7.11 Å². The molecule has 1 fully saturated rings. The zero-order valence-corrected chi connectivity index (χ0v) is 14.6. The van der Waals surface area contributed by atoms with Gasteiger partial charge >= 0.3 is 6.18 Å². The molecule has 0 radical (unpaired) electrons. The largest absolute Gasteiger partial charge is 0.493 e. The van der Waals surface area contributed by atoms with E-state index < -0.39 is 12.8 Å². The topological polar surface area (TPSA) is 59.6 Å². The van der Waals surface area contributed by atoms with Crippen molar-refractivity contribution in [2.24, 2.45) is 0 Å². The normalized spacial score (nSPS) is 16.9. The highest BCUT2D eigenvalue weighted by molar-refractivity contribution is 5.85. The smallest absolute Gasteiger partial charge is 0.422 e. The van der Waals surface area contributed by atoms with Gasteiger partial charge in [0.1, 0.15) is 0 Å². The van der Waals surface area contributed by atoms with Gasteiger partial charge in [-0.25, -0.2) is 0 Å². The van der Waals surface area contributed by atoms with Crippen molar-refractivity contribution in [3.8, 4) is 11.5 Å². The van der Waals surface area contributed by atoms with Crippen LogP contribution in [0.3, 0.4) is 0 Å². The molecule has 1 aromatic rings. The summed E-state index contributed by atoms with van der Waals surface area (Å²) in [5.74, 6) is 0.206. The van der Waals surface area contributed by atoms with Crippen LogP contribution in [0.15, 0.2) is 18.2 Å². The number of benzene rings is 1. The number of hydrogen-bond donors (Lipinski definition) is 2. The van der Waals surface area contributed by atoms with Gasteiger partial charge in [-0.3, -0.25) is 4.79 Å². The van der Waals surface area contributed by atoms with Gasteiger partial charge < -0.3 is 20.1 Å². The van der Waals surface area contributed by atoms with Crippen molar-refractivity contribution in [3.63, 3.8) is 0 Å². The molecule has 0 spiro atoms. The first kappa shape index (κ1) is 21.4. The number of alkyl halides is 3. The van der Waals surface area contributed by atoms with Crippen molar-refractivity contribution in [1.82, 2.24) is 10.6 Å². The minimum Gasteiger partial charge on any atom is -0.493 e. The Bertz CT molecular complexity index is 564. The van der Waals surface area contributed by atoms with Crippen molar-refractivity contribution in [2.75, 3.05) is 26.8 Å². The standard InChI is InChI=1S/C16H21F3N2O3.ClH/c1-23-14-8-11(2-4-13(14)24-10-16(17,18)19)3-5-15(22)21-12-6-7-20-9-12;/h2,4,8,12,20H,3,5-7,9-10H2,1H3,(H,21,22);1H. The Morgan fingerprint density at radius 2 is 2.12 bits per heavy atom. The number of halogens is 4. The third-order valence-electron chi connectivity index (χ3n) is 3.69. The maximum atomic E-state index is 12.2. The molecular formula is C16H22ClF3N2O3. The SMILES string of the molecule is COc1cc(CCC(=O)NC2CCNC2)ccc1OCC(F)(F)F.Cl. The first-order valence-corrected chi connectivity index (χ1v) is 7.74. The molecule has 1 saturated heterocycles. The summed E-state index contributed by atoms with van der Waals surface area (Å²) in [6, 6.07) is 4.83. The van der Waals surface area contributed by atoms with Crippen molar-refractivity contribution >= 4 is 18.3 Å². The maximum absolute atomic E-state index is 12.2. The molecular weight excluding hydrogens is 361 g/mol. The van der Waals surface area contributed by atoms with E-state index in [1.807, 2.05) is 0 Å². The van der Waals surface area contributed by atoms with Gasteiger partial charge in [0, 0.05) is 19.0 Å². The van der Waals surface area contributed by atoms with E-state index in [0.29, 0.717) is 12.8 Å². The second-order valence-electron chi connectivity index (χ2n) is 5.65. The minimum atomic E-state index is -4.41. The number of aryl methyl sites for hydroxylation is 1. The lowest BCUT2D eigenvalue weighted by Gasteiger charge is -2.14. The van der Waals surface area contributed by atoms with Crippen LogP contribution in [0.5, 0.6) is 11.5 Å². The summed E-state index contributed by atoms with van der Waals surface area (Å²) in [7, 11) is 1.36. The first-order valence-electron chi connectivity index (χ1n) is 7.74. The fourth-order valence-corrected chi connectivity index (χ4v) is 2.48. The molecule has 1 aliphatic rings. The Morgan fingerprint density at radius 1 is 1.36 bits per heavy atom. The molecule has 1 aromatic carbocycles. The summed E-state index contributed by atoms with van der Waals surface area (Å²) in [4.78, 5) is 11.9. The quantitative estimate of drug-likeness (QED) is 0.760. The molecule has 0 saturated carbocycles. The third kappa shape index (κ3) is 7.39. The van der Waals surface area contributed by atoms with Gasteiger partial charge in [-0.15, -0.1) is 12.4 Å². The molecule has 25 heavy (non-hydrogen) atoms. The average Bonchev–Trinajstić information content (AvgIpc) is 3.03. The van der Waals surface area contributed by atoms with Crippen LogP contribution in [-0.2, 0) is 11.2 Å². The van der Waals surface area contributed by atoms with Crippen molar-refractivity contribution in [3.05, 3.63) is 23.8 Å². The highest BCUT2D eigenvalue weighted by Crippen LogP contribution is 2.30. The Balaban J connectivity index is 0.00000312. The van der Waals surface area contributed by atoms with Crippen LogP contribution >= 0.6 is 12.4 Å². The number of carbonyl (C=O) groups is 1. The summed E-state index contributed by atoms with van der Waals surface area (Å²) >= 11 is 0. The predicted molar refractivity (Wildman–Crippen MR) is 89.5 cm³/mol. The van der Waals surface area contributed by atoms with Gasteiger partial charge in [-0.05, 0) is 37.1 Å². The number of rotatable bonds is 7. The number of methoxy groups -OCH3 is 1. The number of hydrogen-bond acceptors (Lipinski definition) is 4. The number of carbonyl (C=O) groups excluding carboxylic acids is 1. The summed E-state index contributed by atoms with van der Waals surface area (Å²) in [6.07, 6.45) is -2.70. The summed E-state index contributed by atoms with van der Waals surface area (Å²) in [5, 5.41) is 6.11. The van der Waals surface area contributed by atoms with Gasteiger partial charge in [0.15, 0.2) is 18.1 Å². The zero-order chi connectivity index (χ0) is 17.6. The van der Waals surface area contributed by atoms with Gasteiger partial charge in [0.2, 0.25) is 5.91 Å². The van der Waals surface area contributed by atoms with Crippen molar-refractivity contribution in [2.45, 2.75) is 31.5 Å². The zero-order valence-electron chi connectivity index (χ0n) is 13.8. The Hall–Kier alpha value is -1.67. The highest BCUT2D eigenvalue weighted by Gasteiger charge is 2.29. The van der Waals surface area contributed by atoms with E-state index >= 15 is 0 Å². The lowest BCUT2D eigenvalue weighted by atomic mass is 10.1. The van der Waals surface area contributed by atoms with Crippen LogP contribution in [0.4, 0.5) is 13.2 Å². The lowest BCUT2D eigenvalue weighted by molar-refractivity contribution is -0.153. The van der Waals surface area contributed by atoms with Crippen LogP contribution in [0.25, 0.3) is 0 Å². The van der Waals surface area contributed by atoms with E-state index in [4.69, 9.17) is 9.47 Å². The van der Waals surface area contributed by atoms with Crippen LogP contribution in [0.1, 0.15) is 18.4 Å². The van der Waals surface area contributed by atoms with E-state index in [1.165, 1.54) is 13.2 Å². The fourth-order valence-electron chi connectivity index (χ4n) is 2.48. The lowest BCUT2D eigenvalue weighted by Crippen LogP contribution is -2.36. The molecule has 1 amide bonds. The van der Waals surface area contributed by atoms with Crippen LogP contribution in [-0.4, -0.2) is 44.9 Å². The molecule has 1 atom stereocenters. The second kappa shape index (κ2) is 9.72. The molecule has 9 heteroatoms. The number of ether oxygens (including phenoxy) is 2. The molecule has 0 aromatic heterocycles. The monoisotopic (exact) mass is 382 g/mol. The molecule has 1 heterocycles. The van der Waals surface area contributed by atoms with Crippen LogP contribution in [0, 0.1) is 0 Å².